The summed E-state index contributed by atoms with van der Waals surface area (Å²) in [5.41, 5.74) is -0.150. The molecule has 1 aromatic carbocycles. The molecule has 1 heterocycles. The molecule has 82 valence electrons. The second kappa shape index (κ2) is 4.09. The number of benzene rings is 1. The molecular weight excluding hydrogens is 274 g/mol. The summed E-state index contributed by atoms with van der Waals surface area (Å²) in [4.78, 5) is 25.4. The van der Waals surface area contributed by atoms with Crippen LogP contribution in [0.1, 0.15) is 10.5 Å². The van der Waals surface area contributed by atoms with Crippen molar-refractivity contribution in [2.45, 2.75) is 0 Å². The van der Waals surface area contributed by atoms with Crippen molar-refractivity contribution in [3.05, 3.63) is 44.8 Å². The van der Waals surface area contributed by atoms with Crippen LogP contribution < -0.4 is 5.56 Å². The smallest absolute Gasteiger partial charge is 0.354 e. The fraction of sp³-hybridized carbons (Fsp3) is 0.0909. The monoisotopic (exact) mass is 281 g/mol. The van der Waals surface area contributed by atoms with Gasteiger partial charge in [-0.25, -0.2) is 4.79 Å². The highest BCUT2D eigenvalue weighted by Gasteiger charge is 2.09. The number of halogens is 1. The first-order valence-corrected chi connectivity index (χ1v) is 5.32. The largest absolute Gasteiger partial charge is 0.464 e. The van der Waals surface area contributed by atoms with Crippen LogP contribution in [-0.2, 0) is 4.74 Å². The van der Waals surface area contributed by atoms with Gasteiger partial charge in [-0.1, -0.05) is 15.9 Å². The van der Waals surface area contributed by atoms with Crippen LogP contribution >= 0.6 is 15.9 Å². The van der Waals surface area contributed by atoms with Gasteiger partial charge in [0.05, 0.1) is 7.11 Å². The van der Waals surface area contributed by atoms with Gasteiger partial charge in [0.1, 0.15) is 5.69 Å². The van der Waals surface area contributed by atoms with Crippen molar-refractivity contribution in [3.8, 4) is 0 Å². The maximum atomic E-state index is 11.7. The number of esters is 1. The number of aromatic nitrogens is 1. The van der Waals surface area contributed by atoms with Crippen molar-refractivity contribution in [1.29, 1.82) is 0 Å². The molecule has 0 saturated carbocycles. The van der Waals surface area contributed by atoms with E-state index in [0.29, 0.717) is 10.8 Å². The number of carbonyl (C=O) groups excluding carboxylic acids is 1. The Balaban J connectivity index is 2.75. The molecule has 0 spiro atoms. The number of nitrogens with one attached hydrogen (secondary N) is 1. The average molecular weight is 282 g/mol. The van der Waals surface area contributed by atoms with E-state index in [4.69, 9.17) is 0 Å². The third kappa shape index (κ3) is 1.86. The van der Waals surface area contributed by atoms with Crippen LogP contribution in [0, 0.1) is 0 Å². The van der Waals surface area contributed by atoms with E-state index in [1.165, 1.54) is 7.11 Å². The highest BCUT2D eigenvalue weighted by Crippen LogP contribution is 2.17. The first-order valence-electron chi connectivity index (χ1n) is 4.52. The highest BCUT2D eigenvalue weighted by molar-refractivity contribution is 9.10. The SMILES string of the molecule is COC(=O)c1cc2cc(Br)ccc2c(=O)[nH]1. The predicted molar refractivity (Wildman–Crippen MR) is 63.6 cm³/mol. The number of methoxy groups -OCH3 is 1. The Kier molecular flexibility index (Phi) is 2.78. The lowest BCUT2D eigenvalue weighted by Gasteiger charge is -2.02. The summed E-state index contributed by atoms with van der Waals surface area (Å²) in [6.45, 7) is 0. The second-order valence-corrected chi connectivity index (χ2v) is 4.15. The van der Waals surface area contributed by atoms with Crippen molar-refractivity contribution in [1.82, 2.24) is 4.98 Å². The molecule has 5 heteroatoms. The Labute approximate surface area is 99.4 Å². The zero-order chi connectivity index (χ0) is 11.7. The Hall–Kier alpha value is -1.62. The molecule has 1 aromatic heterocycles. The lowest BCUT2D eigenvalue weighted by Crippen LogP contribution is -2.14. The number of ether oxygens (including phenoxy) is 1. The third-order valence-corrected chi connectivity index (χ3v) is 2.70. The molecule has 0 aliphatic carbocycles. The van der Waals surface area contributed by atoms with Gasteiger partial charge in [0.25, 0.3) is 5.56 Å². The molecule has 2 rings (SSSR count). The summed E-state index contributed by atoms with van der Waals surface area (Å²) in [7, 11) is 1.27. The normalized spacial score (nSPS) is 10.4. The van der Waals surface area contributed by atoms with Crippen molar-refractivity contribution in [3.63, 3.8) is 0 Å². The Bertz CT molecular complexity index is 618. The molecular formula is C11H8BrNO3. The Morgan fingerprint density at radius 2 is 2.12 bits per heavy atom. The summed E-state index contributed by atoms with van der Waals surface area (Å²) >= 11 is 3.31. The van der Waals surface area contributed by atoms with Crippen LogP contribution in [0.15, 0.2) is 33.5 Å². The van der Waals surface area contributed by atoms with Crippen molar-refractivity contribution >= 4 is 32.7 Å². The standard InChI is InChI=1S/C11H8BrNO3/c1-16-11(15)9-5-6-4-7(12)2-3-8(6)10(14)13-9/h2-5H,1H3,(H,13,14). The van der Waals surface area contributed by atoms with E-state index in [1.807, 2.05) is 0 Å². The van der Waals surface area contributed by atoms with E-state index >= 15 is 0 Å². The molecule has 16 heavy (non-hydrogen) atoms. The molecule has 4 nitrogen and oxygen atoms in total. The fourth-order valence-corrected chi connectivity index (χ4v) is 1.84. The van der Waals surface area contributed by atoms with Crippen molar-refractivity contribution < 1.29 is 9.53 Å². The summed E-state index contributed by atoms with van der Waals surface area (Å²) in [6, 6.07) is 6.83. The quantitative estimate of drug-likeness (QED) is 0.815. The fourth-order valence-electron chi connectivity index (χ4n) is 1.46. The maximum absolute atomic E-state index is 11.7. The predicted octanol–water partition coefficient (Wildman–Crippen LogP) is 2.08. The van der Waals surface area contributed by atoms with E-state index in [1.54, 1.807) is 24.3 Å². The van der Waals surface area contributed by atoms with E-state index in [2.05, 4.69) is 25.7 Å². The van der Waals surface area contributed by atoms with Crippen LogP contribution in [0.3, 0.4) is 0 Å². The molecule has 0 saturated heterocycles. The van der Waals surface area contributed by atoms with Crippen LogP contribution in [0.25, 0.3) is 10.8 Å². The molecule has 0 aliphatic heterocycles. The van der Waals surface area contributed by atoms with Gasteiger partial charge < -0.3 is 9.72 Å². The number of pyridine rings is 1. The van der Waals surface area contributed by atoms with Gasteiger partial charge in [-0.15, -0.1) is 0 Å². The number of hydrogen-bond donors (Lipinski definition) is 1. The highest BCUT2D eigenvalue weighted by atomic mass is 79.9. The number of rotatable bonds is 1. The van der Waals surface area contributed by atoms with Crippen LogP contribution in [0.2, 0.25) is 0 Å². The summed E-state index contributed by atoms with van der Waals surface area (Å²) < 4.78 is 5.40. The number of hydrogen-bond acceptors (Lipinski definition) is 3. The molecule has 0 fully saturated rings. The summed E-state index contributed by atoms with van der Waals surface area (Å²) in [5.74, 6) is -0.557. The number of aromatic amines is 1. The first-order chi connectivity index (χ1) is 7.61. The number of H-pyrrole nitrogens is 1. The molecule has 0 atom stereocenters. The van der Waals surface area contributed by atoms with Gasteiger partial charge in [-0.3, -0.25) is 4.79 Å². The number of carbonyl (C=O) groups is 1. The molecule has 0 unspecified atom stereocenters. The molecule has 0 radical (unpaired) electrons. The lowest BCUT2D eigenvalue weighted by molar-refractivity contribution is 0.0594. The van der Waals surface area contributed by atoms with Gasteiger partial charge in [-0.2, -0.15) is 0 Å². The van der Waals surface area contributed by atoms with E-state index < -0.39 is 5.97 Å². The van der Waals surface area contributed by atoms with E-state index in [9.17, 15) is 9.59 Å². The Morgan fingerprint density at radius 3 is 2.81 bits per heavy atom. The van der Waals surface area contributed by atoms with Crippen LogP contribution in [0.5, 0.6) is 0 Å². The van der Waals surface area contributed by atoms with Crippen molar-refractivity contribution in [2.75, 3.05) is 7.11 Å². The first kappa shape index (κ1) is 10.9. The minimum atomic E-state index is -0.557. The van der Waals surface area contributed by atoms with Gasteiger partial charge in [-0.05, 0) is 29.7 Å². The summed E-state index contributed by atoms with van der Waals surface area (Å²) in [5, 5.41) is 1.23. The Morgan fingerprint density at radius 1 is 1.38 bits per heavy atom. The van der Waals surface area contributed by atoms with Gasteiger partial charge >= 0.3 is 5.97 Å². The average Bonchev–Trinajstić information content (AvgIpc) is 2.27. The van der Waals surface area contributed by atoms with Crippen LogP contribution in [-0.4, -0.2) is 18.1 Å². The zero-order valence-corrected chi connectivity index (χ0v) is 10.00. The maximum Gasteiger partial charge on any atom is 0.354 e. The molecule has 0 amide bonds. The molecule has 2 aromatic rings. The van der Waals surface area contributed by atoms with E-state index in [-0.39, 0.29) is 11.3 Å². The van der Waals surface area contributed by atoms with E-state index in [0.717, 1.165) is 4.47 Å². The van der Waals surface area contributed by atoms with Gasteiger partial charge in [0, 0.05) is 9.86 Å². The third-order valence-electron chi connectivity index (χ3n) is 2.21. The number of fused-ring (bicyclic) bond motifs is 1. The molecule has 0 aliphatic rings. The minimum Gasteiger partial charge on any atom is -0.464 e. The van der Waals surface area contributed by atoms with Gasteiger partial charge in [0.2, 0.25) is 0 Å². The zero-order valence-electron chi connectivity index (χ0n) is 8.41. The molecule has 0 bridgehead atoms. The second-order valence-electron chi connectivity index (χ2n) is 3.24. The topological polar surface area (TPSA) is 59.2 Å². The minimum absolute atomic E-state index is 0.151. The molecule has 1 N–H and O–H groups in total. The van der Waals surface area contributed by atoms with Crippen LogP contribution in [0.4, 0.5) is 0 Å². The lowest BCUT2D eigenvalue weighted by atomic mass is 10.1. The van der Waals surface area contributed by atoms with Crippen molar-refractivity contribution in [2.24, 2.45) is 0 Å². The summed E-state index contributed by atoms with van der Waals surface area (Å²) in [6.07, 6.45) is 0. The van der Waals surface area contributed by atoms with Gasteiger partial charge in [0.15, 0.2) is 0 Å².